The summed E-state index contributed by atoms with van der Waals surface area (Å²) < 4.78 is 29.6. The minimum Gasteiger partial charge on any atom is -0.434 e. The first-order valence-electron chi connectivity index (χ1n) is 8.57. The van der Waals surface area contributed by atoms with Crippen LogP contribution < -0.4 is 15.0 Å². The molecule has 0 spiro atoms. The van der Waals surface area contributed by atoms with Crippen molar-refractivity contribution in [1.82, 2.24) is 9.97 Å². The molecule has 2 heterocycles. The van der Waals surface area contributed by atoms with Crippen molar-refractivity contribution < 1.29 is 18.4 Å². The zero-order chi connectivity index (χ0) is 19.2. The molecule has 1 aromatic heterocycles. The van der Waals surface area contributed by atoms with Gasteiger partial charge in [-0.15, -0.1) is 0 Å². The van der Waals surface area contributed by atoms with Gasteiger partial charge in [-0.05, 0) is 25.3 Å². The molecule has 144 valence electrons. The minimum absolute atomic E-state index is 0.00737. The zero-order valence-electron chi connectivity index (χ0n) is 14.5. The fraction of sp³-hybridized carbons (Fsp3) is 0.412. The number of rotatable bonds is 7. The van der Waals surface area contributed by atoms with Gasteiger partial charge in [0.25, 0.3) is 0 Å². The van der Waals surface area contributed by atoms with Gasteiger partial charge in [0.15, 0.2) is 0 Å². The number of hydrogen-bond donors (Lipinski definition) is 1. The molecule has 0 saturated carbocycles. The van der Waals surface area contributed by atoms with E-state index < -0.39 is 11.5 Å². The predicted molar refractivity (Wildman–Crippen MR) is 95.2 cm³/mol. The molecule has 27 heavy (non-hydrogen) atoms. The maximum atomic E-state index is 12.5. The van der Waals surface area contributed by atoms with Crippen LogP contribution in [0.1, 0.15) is 24.8 Å². The van der Waals surface area contributed by atoms with Gasteiger partial charge >= 0.3 is 12.3 Å². The third kappa shape index (κ3) is 4.57. The third-order valence-corrected chi connectivity index (χ3v) is 4.28. The number of nitro groups is 1. The Bertz CT molecular complexity index is 800. The van der Waals surface area contributed by atoms with Crippen LogP contribution in [0.25, 0.3) is 0 Å². The Labute approximate surface area is 154 Å². The van der Waals surface area contributed by atoms with Crippen molar-refractivity contribution in [3.63, 3.8) is 0 Å². The van der Waals surface area contributed by atoms with Gasteiger partial charge in [0, 0.05) is 25.2 Å². The van der Waals surface area contributed by atoms with E-state index in [0.717, 1.165) is 19.3 Å². The normalized spacial score (nSPS) is 14.3. The first-order chi connectivity index (χ1) is 13.1. The van der Waals surface area contributed by atoms with Crippen molar-refractivity contribution >= 4 is 17.3 Å². The smallest absolute Gasteiger partial charge is 0.387 e. The quantitative estimate of drug-likeness (QED) is 0.580. The maximum Gasteiger partial charge on any atom is 0.387 e. The molecule has 0 aliphatic carbocycles. The average molecular weight is 379 g/mol. The topological polar surface area (TPSA) is 93.4 Å². The highest BCUT2D eigenvalue weighted by atomic mass is 19.3. The molecule has 0 unspecified atom stereocenters. The Hall–Kier alpha value is -3.04. The van der Waals surface area contributed by atoms with Gasteiger partial charge in [-0.1, -0.05) is 18.2 Å². The number of anilines is 2. The highest BCUT2D eigenvalue weighted by Crippen LogP contribution is 2.33. The van der Waals surface area contributed by atoms with Crippen molar-refractivity contribution in [3.8, 4) is 5.75 Å². The summed E-state index contributed by atoms with van der Waals surface area (Å²) in [6.45, 7) is -1.52. The molecule has 1 aliphatic heterocycles. The van der Waals surface area contributed by atoms with Crippen molar-refractivity contribution in [2.75, 3.05) is 23.3 Å². The molecule has 1 saturated heterocycles. The van der Waals surface area contributed by atoms with Gasteiger partial charge in [0.2, 0.25) is 11.6 Å². The summed E-state index contributed by atoms with van der Waals surface area (Å²) in [5, 5.41) is 14.5. The lowest BCUT2D eigenvalue weighted by Gasteiger charge is -2.27. The summed E-state index contributed by atoms with van der Waals surface area (Å²) in [4.78, 5) is 21.1. The highest BCUT2D eigenvalue weighted by molar-refractivity contribution is 5.70. The minimum atomic E-state index is -2.95. The maximum absolute atomic E-state index is 12.5. The van der Waals surface area contributed by atoms with Crippen LogP contribution in [0.3, 0.4) is 0 Å². The molecule has 2 aromatic rings. The van der Waals surface area contributed by atoms with E-state index in [9.17, 15) is 18.9 Å². The number of nitrogens with zero attached hydrogens (tertiary/aromatic N) is 4. The van der Waals surface area contributed by atoms with E-state index in [0.29, 0.717) is 18.7 Å². The molecule has 0 atom stereocenters. The van der Waals surface area contributed by atoms with Gasteiger partial charge in [-0.3, -0.25) is 10.1 Å². The van der Waals surface area contributed by atoms with E-state index in [1.165, 1.54) is 12.4 Å². The molecule has 0 amide bonds. The molecule has 1 fully saturated rings. The Balaban J connectivity index is 1.84. The predicted octanol–water partition coefficient (Wildman–Crippen LogP) is 3.59. The fourth-order valence-electron chi connectivity index (χ4n) is 3.04. The second-order valence-electron chi connectivity index (χ2n) is 6.04. The van der Waals surface area contributed by atoms with E-state index >= 15 is 0 Å². The van der Waals surface area contributed by atoms with Crippen LogP contribution >= 0.6 is 0 Å². The summed E-state index contributed by atoms with van der Waals surface area (Å²) in [7, 11) is 0. The van der Waals surface area contributed by atoms with Crippen LogP contribution in [0.15, 0.2) is 30.6 Å². The Morgan fingerprint density at radius 1 is 1.22 bits per heavy atom. The summed E-state index contributed by atoms with van der Waals surface area (Å²) in [5.74, 6) is 0.324. The van der Waals surface area contributed by atoms with E-state index in [1.807, 2.05) is 4.90 Å². The number of ether oxygens (including phenoxy) is 1. The van der Waals surface area contributed by atoms with Crippen LogP contribution in [0.2, 0.25) is 0 Å². The van der Waals surface area contributed by atoms with Gasteiger partial charge in [0.05, 0.1) is 4.92 Å². The number of para-hydroxylation sites is 1. The Morgan fingerprint density at radius 2 is 1.96 bits per heavy atom. The van der Waals surface area contributed by atoms with Gasteiger partial charge in [0.1, 0.15) is 12.1 Å². The lowest BCUT2D eigenvalue weighted by Crippen LogP contribution is -2.31. The molecule has 1 aromatic carbocycles. The largest absolute Gasteiger partial charge is 0.434 e. The SMILES string of the molecule is O=[N+]([O-])c1c(NCc2ccccc2OC(F)F)ncnc1N1CCCCC1. The number of alkyl halides is 2. The third-order valence-electron chi connectivity index (χ3n) is 4.28. The van der Waals surface area contributed by atoms with Crippen LogP contribution in [0.4, 0.5) is 26.1 Å². The fourth-order valence-corrected chi connectivity index (χ4v) is 3.04. The number of hydrogen-bond acceptors (Lipinski definition) is 7. The summed E-state index contributed by atoms with van der Waals surface area (Å²) in [5.41, 5.74) is 0.219. The Kier molecular flexibility index (Phi) is 5.94. The number of benzene rings is 1. The van der Waals surface area contributed by atoms with Gasteiger partial charge in [-0.2, -0.15) is 8.78 Å². The van der Waals surface area contributed by atoms with Crippen molar-refractivity contribution in [2.24, 2.45) is 0 Å². The molecular formula is C17H19F2N5O3. The number of nitrogens with one attached hydrogen (secondary N) is 1. The molecule has 8 nitrogen and oxygen atoms in total. The van der Waals surface area contributed by atoms with Crippen molar-refractivity contribution in [2.45, 2.75) is 32.4 Å². The number of piperidine rings is 1. The molecule has 10 heteroatoms. The summed E-state index contributed by atoms with van der Waals surface area (Å²) in [6, 6.07) is 6.26. The summed E-state index contributed by atoms with van der Waals surface area (Å²) in [6.07, 6.45) is 4.24. The van der Waals surface area contributed by atoms with E-state index in [2.05, 4.69) is 20.0 Å². The first-order valence-corrected chi connectivity index (χ1v) is 8.57. The second-order valence-corrected chi connectivity index (χ2v) is 6.04. The number of halogens is 2. The average Bonchev–Trinajstić information content (AvgIpc) is 2.67. The van der Waals surface area contributed by atoms with Crippen molar-refractivity contribution in [3.05, 3.63) is 46.3 Å². The molecular weight excluding hydrogens is 360 g/mol. The molecule has 3 rings (SSSR count). The zero-order valence-corrected chi connectivity index (χ0v) is 14.5. The standard InChI is InChI=1S/C17H19F2N5O3/c18-17(19)27-13-7-3-2-6-12(13)10-20-15-14(24(25)26)16(22-11-21-15)23-8-4-1-5-9-23/h2-3,6-7,11,17H,1,4-5,8-10H2,(H,20,21,22). The van der Waals surface area contributed by atoms with Crippen LogP contribution in [0.5, 0.6) is 5.75 Å². The van der Waals surface area contributed by atoms with E-state index in [1.54, 1.807) is 18.2 Å². The summed E-state index contributed by atoms with van der Waals surface area (Å²) >= 11 is 0. The molecule has 1 aliphatic rings. The van der Waals surface area contributed by atoms with Crippen LogP contribution in [-0.2, 0) is 6.54 Å². The van der Waals surface area contributed by atoms with E-state index in [-0.39, 0.29) is 29.6 Å². The van der Waals surface area contributed by atoms with Gasteiger partial charge in [-0.25, -0.2) is 9.97 Å². The monoisotopic (exact) mass is 379 g/mol. The molecule has 0 radical (unpaired) electrons. The lowest BCUT2D eigenvalue weighted by atomic mass is 10.1. The lowest BCUT2D eigenvalue weighted by molar-refractivity contribution is -0.383. The molecule has 0 bridgehead atoms. The van der Waals surface area contributed by atoms with Crippen LogP contribution in [0, 0.1) is 10.1 Å². The second kappa shape index (κ2) is 8.56. The Morgan fingerprint density at radius 3 is 2.67 bits per heavy atom. The number of aromatic nitrogens is 2. The molecule has 1 N–H and O–H groups in total. The van der Waals surface area contributed by atoms with Gasteiger partial charge < -0.3 is 15.0 Å². The first kappa shape index (κ1) is 18.7. The highest BCUT2D eigenvalue weighted by Gasteiger charge is 2.27. The van der Waals surface area contributed by atoms with Crippen molar-refractivity contribution in [1.29, 1.82) is 0 Å². The van der Waals surface area contributed by atoms with E-state index in [4.69, 9.17) is 0 Å². The van der Waals surface area contributed by atoms with Crippen LogP contribution in [-0.4, -0.2) is 34.6 Å².